The number of aliphatic imine (C=N–C) groups is 1. The van der Waals surface area contributed by atoms with Crippen LogP contribution in [0.3, 0.4) is 0 Å². The van der Waals surface area contributed by atoms with Gasteiger partial charge in [-0.05, 0) is 26.4 Å². The first kappa shape index (κ1) is 24.3. The molecule has 150 valence electrons. The van der Waals surface area contributed by atoms with E-state index in [0.29, 0.717) is 12.3 Å². The van der Waals surface area contributed by atoms with Gasteiger partial charge in [-0.25, -0.2) is 8.42 Å². The molecule has 0 amide bonds. The highest BCUT2D eigenvalue weighted by Gasteiger charge is 2.11. The third-order valence-corrected chi connectivity index (χ3v) is 4.66. The van der Waals surface area contributed by atoms with Gasteiger partial charge in [0, 0.05) is 6.42 Å². The maximum Gasteiger partial charge on any atom is 0.320 e. The Kier molecular flexibility index (Phi) is 13.6. The number of rotatable bonds is 14. The van der Waals surface area contributed by atoms with Crippen molar-refractivity contribution in [3.8, 4) is 0 Å². The number of nitrogens with one attached hydrogen (secondary N) is 1. The summed E-state index contributed by atoms with van der Waals surface area (Å²) in [5.41, 5.74) is 0. The Morgan fingerprint density at radius 3 is 2.65 bits per heavy atom. The van der Waals surface area contributed by atoms with Crippen LogP contribution < -0.4 is 4.72 Å². The zero-order chi connectivity index (χ0) is 19.8. The van der Waals surface area contributed by atoms with E-state index in [2.05, 4.69) is 23.2 Å². The first-order valence-corrected chi connectivity index (χ1v) is 10.7. The van der Waals surface area contributed by atoms with Crippen LogP contribution in [0.1, 0.15) is 40.0 Å². The van der Waals surface area contributed by atoms with Crippen LogP contribution >= 0.6 is 0 Å². The summed E-state index contributed by atoms with van der Waals surface area (Å²) in [6.07, 6.45) is 7.42. The highest BCUT2D eigenvalue weighted by molar-refractivity contribution is 7.90. The third-order valence-electron chi connectivity index (χ3n) is 3.44. The Hall–Kier alpha value is -1.67. The summed E-state index contributed by atoms with van der Waals surface area (Å²) in [5.74, 6) is -0.152. The number of hydrogen-bond donors (Lipinski definition) is 1. The Bertz CT molecular complexity index is 571. The SMILES string of the molecule is C=CCS(=O)(=O)NC(C/C=C\C)=NCCOC(=O)CN(CC)CCCC. The Balaban J connectivity index is 4.48. The smallest absolute Gasteiger partial charge is 0.320 e. The first-order chi connectivity index (χ1) is 12.4. The number of esters is 1. The lowest BCUT2D eigenvalue weighted by molar-refractivity contribution is -0.144. The molecule has 0 aliphatic carbocycles. The summed E-state index contributed by atoms with van der Waals surface area (Å²) >= 11 is 0. The van der Waals surface area contributed by atoms with E-state index < -0.39 is 10.0 Å². The zero-order valence-corrected chi connectivity index (χ0v) is 17.1. The number of carbonyl (C=O) groups excluding carboxylic acids is 1. The maximum absolute atomic E-state index is 11.9. The number of carbonyl (C=O) groups is 1. The van der Waals surface area contributed by atoms with Crippen LogP contribution in [0, 0.1) is 0 Å². The van der Waals surface area contributed by atoms with Gasteiger partial charge in [-0.3, -0.25) is 19.4 Å². The molecule has 0 rings (SSSR count). The molecule has 0 saturated heterocycles. The number of amidine groups is 1. The summed E-state index contributed by atoms with van der Waals surface area (Å²) in [5, 5.41) is 0. The Morgan fingerprint density at radius 1 is 1.35 bits per heavy atom. The number of ether oxygens (including phenoxy) is 1. The number of sulfonamides is 1. The molecule has 0 radical (unpaired) electrons. The normalized spacial score (nSPS) is 12.5. The van der Waals surface area contributed by atoms with Crippen LogP contribution in [0.5, 0.6) is 0 Å². The van der Waals surface area contributed by atoms with E-state index >= 15 is 0 Å². The Morgan fingerprint density at radius 2 is 2.08 bits per heavy atom. The molecular weight excluding hydrogens is 354 g/mol. The first-order valence-electron chi connectivity index (χ1n) is 9.02. The molecule has 8 heteroatoms. The topological polar surface area (TPSA) is 88.1 Å². The van der Waals surface area contributed by atoms with Crippen LogP contribution in [-0.2, 0) is 19.6 Å². The van der Waals surface area contributed by atoms with E-state index in [1.807, 2.05) is 24.8 Å². The lowest BCUT2D eigenvalue weighted by Crippen LogP contribution is -2.33. The quantitative estimate of drug-likeness (QED) is 0.162. The van der Waals surface area contributed by atoms with Gasteiger partial charge in [0.15, 0.2) is 0 Å². The van der Waals surface area contributed by atoms with Crippen molar-refractivity contribution < 1.29 is 17.9 Å². The zero-order valence-electron chi connectivity index (χ0n) is 16.2. The fourth-order valence-electron chi connectivity index (χ4n) is 2.04. The van der Waals surface area contributed by atoms with Gasteiger partial charge in [-0.2, -0.15) is 0 Å². The molecule has 0 fully saturated rings. The van der Waals surface area contributed by atoms with Crippen molar-refractivity contribution >= 4 is 21.8 Å². The van der Waals surface area contributed by atoms with Gasteiger partial charge in [0.25, 0.3) is 0 Å². The van der Waals surface area contributed by atoms with Gasteiger partial charge in [-0.1, -0.05) is 38.5 Å². The van der Waals surface area contributed by atoms with Crippen molar-refractivity contribution in [3.63, 3.8) is 0 Å². The maximum atomic E-state index is 11.9. The molecular formula is C18H33N3O4S. The number of nitrogens with zero attached hydrogens (tertiary/aromatic N) is 2. The summed E-state index contributed by atoms with van der Waals surface area (Å²) in [7, 11) is -3.49. The largest absolute Gasteiger partial charge is 0.463 e. The van der Waals surface area contributed by atoms with Crippen molar-refractivity contribution in [1.82, 2.24) is 9.62 Å². The second kappa shape index (κ2) is 14.5. The number of unbranched alkanes of at least 4 members (excludes halogenated alkanes) is 1. The molecule has 0 spiro atoms. The van der Waals surface area contributed by atoms with E-state index in [0.717, 1.165) is 25.9 Å². The molecule has 0 atom stereocenters. The third kappa shape index (κ3) is 12.7. The van der Waals surface area contributed by atoms with E-state index in [1.54, 1.807) is 6.08 Å². The average molecular weight is 388 g/mol. The number of hydrogen-bond acceptors (Lipinski definition) is 6. The monoisotopic (exact) mass is 387 g/mol. The minimum atomic E-state index is -3.49. The van der Waals surface area contributed by atoms with Crippen molar-refractivity contribution in [2.45, 2.75) is 40.0 Å². The molecule has 26 heavy (non-hydrogen) atoms. The van der Waals surface area contributed by atoms with Crippen LogP contribution in [0.25, 0.3) is 0 Å². The molecule has 1 N–H and O–H groups in total. The molecule has 0 aromatic heterocycles. The minimum absolute atomic E-state index is 0.118. The molecule has 0 bridgehead atoms. The molecule has 0 unspecified atom stereocenters. The average Bonchev–Trinajstić information content (AvgIpc) is 2.59. The standard InChI is InChI=1S/C18H33N3O4S/c1-5-9-11-17(20-26(23,24)15-7-3)19-12-14-25-18(22)16-21(8-4)13-10-6-2/h5,7,9H,3,6,8,10-16H2,1-2,4H3,(H,19,20)/b9-5-. The molecule has 0 aromatic carbocycles. The van der Waals surface area contributed by atoms with Crippen molar-refractivity contribution in [3.05, 3.63) is 24.8 Å². The second-order valence-corrected chi connectivity index (χ2v) is 7.48. The van der Waals surface area contributed by atoms with E-state index in [1.165, 1.54) is 6.08 Å². The molecule has 0 aliphatic heterocycles. The van der Waals surface area contributed by atoms with E-state index in [9.17, 15) is 13.2 Å². The summed E-state index contributed by atoms with van der Waals surface area (Å²) in [6.45, 7) is 11.6. The lowest BCUT2D eigenvalue weighted by atomic mass is 10.3. The van der Waals surface area contributed by atoms with Crippen LogP contribution in [0.2, 0.25) is 0 Å². The van der Waals surface area contributed by atoms with Gasteiger partial charge in [-0.15, -0.1) is 6.58 Å². The van der Waals surface area contributed by atoms with Gasteiger partial charge in [0.05, 0.1) is 18.8 Å². The molecule has 7 nitrogen and oxygen atoms in total. The predicted octanol–water partition coefficient (Wildman–Crippen LogP) is 2.12. The summed E-state index contributed by atoms with van der Waals surface area (Å²) in [6, 6.07) is 0. The molecule has 0 aromatic rings. The molecule has 0 saturated carbocycles. The van der Waals surface area contributed by atoms with E-state index in [-0.39, 0.29) is 31.4 Å². The predicted molar refractivity (Wildman–Crippen MR) is 107 cm³/mol. The minimum Gasteiger partial charge on any atom is -0.463 e. The highest BCUT2D eigenvalue weighted by atomic mass is 32.2. The highest BCUT2D eigenvalue weighted by Crippen LogP contribution is 1.96. The van der Waals surface area contributed by atoms with Crippen LogP contribution in [-0.4, -0.2) is 63.7 Å². The van der Waals surface area contributed by atoms with Gasteiger partial charge >= 0.3 is 5.97 Å². The second-order valence-electron chi connectivity index (χ2n) is 5.72. The number of allylic oxidation sites excluding steroid dienone is 1. The Labute approximate surface area is 158 Å². The van der Waals surface area contributed by atoms with Gasteiger partial charge in [0.1, 0.15) is 12.4 Å². The number of likely N-dealkylation sites (N-methyl/N-ethyl adjacent to an activating group) is 1. The van der Waals surface area contributed by atoms with E-state index in [4.69, 9.17) is 4.74 Å². The fraction of sp³-hybridized carbons (Fsp3) is 0.667. The van der Waals surface area contributed by atoms with Crippen molar-refractivity contribution in [2.75, 3.05) is 38.5 Å². The molecule has 0 aliphatic rings. The lowest BCUT2D eigenvalue weighted by Gasteiger charge is -2.18. The van der Waals surface area contributed by atoms with Crippen molar-refractivity contribution in [1.29, 1.82) is 0 Å². The van der Waals surface area contributed by atoms with Crippen LogP contribution in [0.4, 0.5) is 0 Å². The van der Waals surface area contributed by atoms with Gasteiger partial charge in [0.2, 0.25) is 10.0 Å². The molecule has 0 heterocycles. The summed E-state index contributed by atoms with van der Waals surface area (Å²) < 4.78 is 31.2. The van der Waals surface area contributed by atoms with Crippen LogP contribution in [0.15, 0.2) is 29.8 Å². The van der Waals surface area contributed by atoms with Crippen molar-refractivity contribution in [2.24, 2.45) is 4.99 Å². The fourth-order valence-corrected chi connectivity index (χ4v) is 2.94. The van der Waals surface area contributed by atoms with Gasteiger partial charge < -0.3 is 4.74 Å². The summed E-state index contributed by atoms with van der Waals surface area (Å²) in [4.78, 5) is 18.1.